The van der Waals surface area contributed by atoms with Crippen molar-refractivity contribution >= 4 is 5.91 Å². The number of hydrogen-bond acceptors (Lipinski definition) is 4. The molecule has 2 heterocycles. The van der Waals surface area contributed by atoms with E-state index in [1.54, 1.807) is 17.0 Å². The number of rotatable bonds is 2. The molecule has 1 fully saturated rings. The predicted octanol–water partition coefficient (Wildman–Crippen LogP) is 2.89. The Labute approximate surface area is 121 Å². The smallest absolute Gasteiger partial charge is 0.311 e. The fourth-order valence-corrected chi connectivity index (χ4v) is 2.46. The van der Waals surface area contributed by atoms with Gasteiger partial charge in [0.25, 0.3) is 0 Å². The zero-order chi connectivity index (χ0) is 14.7. The Hall–Kier alpha value is -2.24. The zero-order valence-electron chi connectivity index (χ0n) is 11.6. The number of aromatic nitrogens is 2. The molecule has 0 bridgehead atoms. The first-order valence-corrected chi connectivity index (χ1v) is 7.13. The molecule has 0 saturated carbocycles. The predicted molar refractivity (Wildman–Crippen MR) is 74.1 cm³/mol. The van der Waals surface area contributed by atoms with Gasteiger partial charge >= 0.3 is 11.8 Å². The third-order valence-corrected chi connectivity index (χ3v) is 3.57. The highest BCUT2D eigenvalue weighted by Crippen LogP contribution is 2.20. The van der Waals surface area contributed by atoms with Gasteiger partial charge in [0.05, 0.1) is 0 Å². The van der Waals surface area contributed by atoms with E-state index < -0.39 is 0 Å². The summed E-state index contributed by atoms with van der Waals surface area (Å²) in [7, 11) is 0. The second-order valence-corrected chi connectivity index (χ2v) is 5.13. The minimum atomic E-state index is -0.383. The molecule has 1 amide bonds. The maximum absolute atomic E-state index is 13.2. The Morgan fingerprint density at radius 1 is 1.14 bits per heavy atom. The van der Waals surface area contributed by atoms with Gasteiger partial charge in [-0.15, -0.1) is 10.2 Å². The standard InChI is InChI=1S/C15H16FN3O2/c16-12-7-5-6-11(10-12)13-17-18-14(21-13)15(20)19-8-3-1-2-4-9-19/h5-7,10H,1-4,8-9H2. The quantitative estimate of drug-likeness (QED) is 0.853. The first kappa shape index (κ1) is 13.7. The fraction of sp³-hybridized carbons (Fsp3) is 0.400. The lowest BCUT2D eigenvalue weighted by molar-refractivity contribution is 0.0722. The van der Waals surface area contributed by atoms with Crippen LogP contribution in [0.4, 0.5) is 4.39 Å². The molecule has 1 aromatic heterocycles. The molecule has 0 atom stereocenters. The second-order valence-electron chi connectivity index (χ2n) is 5.13. The van der Waals surface area contributed by atoms with Crippen molar-refractivity contribution in [2.45, 2.75) is 25.7 Å². The van der Waals surface area contributed by atoms with Crippen LogP contribution in [0.5, 0.6) is 0 Å². The summed E-state index contributed by atoms with van der Waals surface area (Å²) < 4.78 is 18.6. The van der Waals surface area contributed by atoms with Gasteiger partial charge in [0, 0.05) is 18.7 Å². The van der Waals surface area contributed by atoms with Gasteiger partial charge in [-0.3, -0.25) is 4.79 Å². The molecule has 5 nitrogen and oxygen atoms in total. The van der Waals surface area contributed by atoms with E-state index >= 15 is 0 Å². The molecule has 3 rings (SSSR count). The summed E-state index contributed by atoms with van der Waals surface area (Å²) in [6.45, 7) is 1.44. The van der Waals surface area contributed by atoms with Gasteiger partial charge in [-0.25, -0.2) is 4.39 Å². The number of carbonyl (C=O) groups excluding carboxylic acids is 1. The lowest BCUT2D eigenvalue weighted by atomic mass is 10.2. The van der Waals surface area contributed by atoms with E-state index in [4.69, 9.17) is 4.42 Å². The van der Waals surface area contributed by atoms with Crippen LogP contribution in [0.2, 0.25) is 0 Å². The molecule has 0 unspecified atom stereocenters. The van der Waals surface area contributed by atoms with Crippen LogP contribution in [-0.4, -0.2) is 34.1 Å². The van der Waals surface area contributed by atoms with Crippen molar-refractivity contribution in [3.8, 4) is 11.5 Å². The SMILES string of the molecule is O=C(c1nnc(-c2cccc(F)c2)o1)N1CCCCCC1. The molecule has 0 spiro atoms. The maximum Gasteiger partial charge on any atom is 0.311 e. The number of nitrogens with zero attached hydrogens (tertiary/aromatic N) is 3. The van der Waals surface area contributed by atoms with Crippen molar-refractivity contribution in [1.29, 1.82) is 0 Å². The van der Waals surface area contributed by atoms with E-state index in [0.717, 1.165) is 38.8 Å². The highest BCUT2D eigenvalue weighted by atomic mass is 19.1. The van der Waals surface area contributed by atoms with Crippen LogP contribution in [0, 0.1) is 5.82 Å². The highest BCUT2D eigenvalue weighted by Gasteiger charge is 2.23. The Balaban J connectivity index is 1.79. The van der Waals surface area contributed by atoms with Gasteiger partial charge in [-0.2, -0.15) is 0 Å². The average Bonchev–Trinajstić information content (AvgIpc) is 2.82. The number of hydrogen-bond donors (Lipinski definition) is 0. The maximum atomic E-state index is 13.2. The summed E-state index contributed by atoms with van der Waals surface area (Å²) in [4.78, 5) is 14.1. The van der Waals surface area contributed by atoms with Crippen LogP contribution < -0.4 is 0 Å². The van der Waals surface area contributed by atoms with E-state index in [1.807, 2.05) is 0 Å². The summed E-state index contributed by atoms with van der Waals surface area (Å²) in [5.41, 5.74) is 0.470. The average molecular weight is 289 g/mol. The third kappa shape index (κ3) is 3.09. The minimum absolute atomic E-state index is 0.0313. The molecule has 0 aliphatic carbocycles. The van der Waals surface area contributed by atoms with Gasteiger partial charge in [0.2, 0.25) is 5.89 Å². The number of amides is 1. The van der Waals surface area contributed by atoms with Crippen LogP contribution in [0.25, 0.3) is 11.5 Å². The number of benzene rings is 1. The monoisotopic (exact) mass is 289 g/mol. The molecule has 1 aromatic carbocycles. The van der Waals surface area contributed by atoms with Crippen LogP contribution in [-0.2, 0) is 0 Å². The molecule has 1 saturated heterocycles. The van der Waals surface area contributed by atoms with Crippen molar-refractivity contribution in [1.82, 2.24) is 15.1 Å². The van der Waals surface area contributed by atoms with E-state index in [2.05, 4.69) is 10.2 Å². The summed E-state index contributed by atoms with van der Waals surface area (Å²) in [6.07, 6.45) is 4.28. The molecule has 6 heteroatoms. The summed E-state index contributed by atoms with van der Waals surface area (Å²) >= 11 is 0. The van der Waals surface area contributed by atoms with Crippen molar-refractivity contribution in [2.24, 2.45) is 0 Å². The molecule has 0 radical (unpaired) electrons. The van der Waals surface area contributed by atoms with Crippen molar-refractivity contribution < 1.29 is 13.6 Å². The molecule has 110 valence electrons. The molecular weight excluding hydrogens is 273 g/mol. The summed E-state index contributed by atoms with van der Waals surface area (Å²) in [5, 5.41) is 7.63. The topological polar surface area (TPSA) is 59.2 Å². The normalized spacial score (nSPS) is 15.8. The third-order valence-electron chi connectivity index (χ3n) is 3.57. The van der Waals surface area contributed by atoms with E-state index in [-0.39, 0.29) is 23.5 Å². The van der Waals surface area contributed by atoms with Crippen molar-refractivity contribution in [3.63, 3.8) is 0 Å². The van der Waals surface area contributed by atoms with Crippen LogP contribution >= 0.6 is 0 Å². The minimum Gasteiger partial charge on any atom is -0.412 e. The Morgan fingerprint density at radius 3 is 2.62 bits per heavy atom. The number of carbonyl (C=O) groups is 1. The van der Waals surface area contributed by atoms with E-state index in [9.17, 15) is 9.18 Å². The van der Waals surface area contributed by atoms with Crippen LogP contribution in [0.15, 0.2) is 28.7 Å². The Bertz CT molecular complexity index is 633. The summed E-state index contributed by atoms with van der Waals surface area (Å²) in [5.74, 6) is -0.498. The Kier molecular flexibility index (Phi) is 3.94. The molecular formula is C15H16FN3O2. The van der Waals surface area contributed by atoms with Crippen LogP contribution in [0.1, 0.15) is 36.4 Å². The van der Waals surface area contributed by atoms with Crippen molar-refractivity contribution in [2.75, 3.05) is 13.1 Å². The van der Waals surface area contributed by atoms with E-state index in [1.165, 1.54) is 12.1 Å². The second kappa shape index (κ2) is 6.03. The van der Waals surface area contributed by atoms with Gasteiger partial charge in [-0.1, -0.05) is 18.9 Å². The van der Waals surface area contributed by atoms with Gasteiger partial charge in [-0.05, 0) is 31.0 Å². The lowest BCUT2D eigenvalue weighted by Crippen LogP contribution is -2.32. The zero-order valence-corrected chi connectivity index (χ0v) is 11.6. The molecule has 1 aliphatic heterocycles. The molecule has 0 N–H and O–H groups in total. The highest BCUT2D eigenvalue weighted by molar-refractivity contribution is 5.89. The first-order valence-electron chi connectivity index (χ1n) is 7.13. The van der Waals surface area contributed by atoms with Crippen LogP contribution in [0.3, 0.4) is 0 Å². The van der Waals surface area contributed by atoms with Crippen molar-refractivity contribution in [3.05, 3.63) is 36.0 Å². The Morgan fingerprint density at radius 2 is 1.90 bits per heavy atom. The first-order chi connectivity index (χ1) is 10.2. The molecule has 21 heavy (non-hydrogen) atoms. The number of halogens is 1. The number of likely N-dealkylation sites (tertiary alicyclic amines) is 1. The van der Waals surface area contributed by atoms with Gasteiger partial charge in [0.15, 0.2) is 0 Å². The van der Waals surface area contributed by atoms with Gasteiger partial charge < -0.3 is 9.32 Å². The largest absolute Gasteiger partial charge is 0.412 e. The van der Waals surface area contributed by atoms with E-state index in [0.29, 0.717) is 5.56 Å². The molecule has 1 aliphatic rings. The molecule has 2 aromatic rings. The van der Waals surface area contributed by atoms with Gasteiger partial charge in [0.1, 0.15) is 5.82 Å². The fourth-order valence-electron chi connectivity index (χ4n) is 2.46. The lowest BCUT2D eigenvalue weighted by Gasteiger charge is -2.17. The summed E-state index contributed by atoms with van der Waals surface area (Å²) in [6, 6.07) is 5.86.